The molecule has 0 atom stereocenters. The number of hydrazine groups is 1. The first-order valence-corrected chi connectivity index (χ1v) is 6.65. The molecular weight excluding hydrogens is 325 g/mol. The zero-order chi connectivity index (χ0) is 14.7. The quantitative estimate of drug-likeness (QED) is 0.593. The number of halogens is 2. The second-order valence-corrected chi connectivity index (χ2v) is 5.14. The molecule has 0 heterocycles. The highest BCUT2D eigenvalue weighted by molar-refractivity contribution is 9.10. The molecule has 104 valence electrons. The van der Waals surface area contributed by atoms with Crippen LogP contribution in [0, 0.1) is 12.7 Å². The van der Waals surface area contributed by atoms with E-state index in [0.29, 0.717) is 5.69 Å². The Labute approximate surface area is 124 Å². The minimum absolute atomic E-state index is 0.0300. The summed E-state index contributed by atoms with van der Waals surface area (Å²) in [6.07, 6.45) is 0. The molecule has 4 N–H and O–H groups in total. The van der Waals surface area contributed by atoms with Crippen LogP contribution in [0.15, 0.2) is 40.9 Å². The molecule has 0 spiro atoms. The van der Waals surface area contributed by atoms with Crippen molar-refractivity contribution in [2.45, 2.75) is 6.92 Å². The SMILES string of the molecule is Cc1ccc(Br)cc1NC(=O)c1cccc(F)c1NN. The third-order valence-corrected chi connectivity index (χ3v) is 3.34. The van der Waals surface area contributed by atoms with E-state index in [1.807, 2.05) is 19.1 Å². The molecule has 0 bridgehead atoms. The van der Waals surface area contributed by atoms with Gasteiger partial charge >= 0.3 is 0 Å². The topological polar surface area (TPSA) is 67.2 Å². The predicted molar refractivity (Wildman–Crippen MR) is 81.0 cm³/mol. The lowest BCUT2D eigenvalue weighted by Crippen LogP contribution is -2.18. The second-order valence-electron chi connectivity index (χ2n) is 4.22. The first-order valence-electron chi connectivity index (χ1n) is 5.85. The highest BCUT2D eigenvalue weighted by Gasteiger charge is 2.15. The standard InChI is InChI=1S/C14H13BrFN3O/c1-8-5-6-9(15)7-12(8)18-14(20)10-3-2-4-11(16)13(10)19-17/h2-7,19H,17H2,1H3,(H,18,20). The van der Waals surface area contributed by atoms with Crippen molar-refractivity contribution in [1.29, 1.82) is 0 Å². The van der Waals surface area contributed by atoms with Crippen molar-refractivity contribution in [3.05, 3.63) is 57.8 Å². The van der Waals surface area contributed by atoms with Crippen LogP contribution in [0.1, 0.15) is 15.9 Å². The van der Waals surface area contributed by atoms with Gasteiger partial charge in [0, 0.05) is 10.2 Å². The molecule has 1 amide bonds. The normalized spacial score (nSPS) is 10.2. The van der Waals surface area contributed by atoms with Gasteiger partial charge < -0.3 is 10.7 Å². The van der Waals surface area contributed by atoms with Crippen molar-refractivity contribution in [2.75, 3.05) is 10.7 Å². The zero-order valence-corrected chi connectivity index (χ0v) is 12.3. The predicted octanol–water partition coefficient (Wildman–Crippen LogP) is 3.43. The van der Waals surface area contributed by atoms with Gasteiger partial charge in [0.05, 0.1) is 11.3 Å². The van der Waals surface area contributed by atoms with Crippen molar-refractivity contribution in [1.82, 2.24) is 0 Å². The largest absolute Gasteiger partial charge is 0.322 e. The van der Waals surface area contributed by atoms with Crippen LogP contribution in [-0.2, 0) is 0 Å². The Kier molecular flexibility index (Phi) is 4.36. The lowest BCUT2D eigenvalue weighted by molar-refractivity contribution is 0.102. The highest BCUT2D eigenvalue weighted by atomic mass is 79.9. The molecule has 0 radical (unpaired) electrons. The van der Waals surface area contributed by atoms with Gasteiger partial charge in [-0.05, 0) is 36.8 Å². The molecule has 2 aromatic rings. The summed E-state index contributed by atoms with van der Waals surface area (Å²) >= 11 is 3.34. The van der Waals surface area contributed by atoms with E-state index in [-0.39, 0.29) is 11.3 Å². The van der Waals surface area contributed by atoms with Crippen LogP contribution in [-0.4, -0.2) is 5.91 Å². The summed E-state index contributed by atoms with van der Waals surface area (Å²) in [7, 11) is 0. The molecule has 0 saturated carbocycles. The second kappa shape index (κ2) is 6.02. The maximum atomic E-state index is 13.6. The molecule has 20 heavy (non-hydrogen) atoms. The Morgan fingerprint density at radius 2 is 2.05 bits per heavy atom. The van der Waals surface area contributed by atoms with Crippen molar-refractivity contribution in [3.8, 4) is 0 Å². The van der Waals surface area contributed by atoms with Gasteiger partial charge in [0.15, 0.2) is 0 Å². The van der Waals surface area contributed by atoms with Crippen LogP contribution < -0.4 is 16.6 Å². The van der Waals surface area contributed by atoms with Gasteiger partial charge in [-0.3, -0.25) is 10.6 Å². The molecule has 0 aliphatic carbocycles. The van der Waals surface area contributed by atoms with Crippen LogP contribution in [0.3, 0.4) is 0 Å². The van der Waals surface area contributed by atoms with E-state index in [9.17, 15) is 9.18 Å². The molecule has 0 unspecified atom stereocenters. The zero-order valence-electron chi connectivity index (χ0n) is 10.7. The van der Waals surface area contributed by atoms with Gasteiger partial charge in [-0.15, -0.1) is 0 Å². The summed E-state index contributed by atoms with van der Waals surface area (Å²) in [5.74, 6) is 4.25. The van der Waals surface area contributed by atoms with Crippen molar-refractivity contribution >= 4 is 33.2 Å². The van der Waals surface area contributed by atoms with E-state index in [4.69, 9.17) is 5.84 Å². The van der Waals surface area contributed by atoms with Crippen LogP contribution in [0.25, 0.3) is 0 Å². The van der Waals surface area contributed by atoms with E-state index in [0.717, 1.165) is 10.0 Å². The van der Waals surface area contributed by atoms with E-state index >= 15 is 0 Å². The smallest absolute Gasteiger partial charge is 0.257 e. The summed E-state index contributed by atoms with van der Waals surface area (Å²) in [4.78, 5) is 12.2. The number of nitrogens with one attached hydrogen (secondary N) is 2. The van der Waals surface area contributed by atoms with Crippen LogP contribution >= 0.6 is 15.9 Å². The molecule has 4 nitrogen and oxygen atoms in total. The molecule has 6 heteroatoms. The third kappa shape index (κ3) is 2.97. The van der Waals surface area contributed by atoms with Gasteiger partial charge in [0.25, 0.3) is 5.91 Å². The third-order valence-electron chi connectivity index (χ3n) is 2.85. The molecule has 0 aliphatic rings. The van der Waals surface area contributed by atoms with Crippen LogP contribution in [0.2, 0.25) is 0 Å². The van der Waals surface area contributed by atoms with Crippen molar-refractivity contribution in [3.63, 3.8) is 0 Å². The fraction of sp³-hybridized carbons (Fsp3) is 0.0714. The number of nitrogen functional groups attached to an aromatic ring is 1. The Hall–Kier alpha value is -1.92. The number of para-hydroxylation sites is 1. The van der Waals surface area contributed by atoms with Crippen LogP contribution in [0.5, 0.6) is 0 Å². The molecule has 2 aromatic carbocycles. The monoisotopic (exact) mass is 337 g/mol. The van der Waals surface area contributed by atoms with Gasteiger partial charge in [-0.1, -0.05) is 28.1 Å². The van der Waals surface area contributed by atoms with Crippen molar-refractivity contribution in [2.24, 2.45) is 5.84 Å². The first kappa shape index (κ1) is 14.5. The minimum Gasteiger partial charge on any atom is -0.322 e. The van der Waals surface area contributed by atoms with E-state index in [2.05, 4.69) is 26.7 Å². The lowest BCUT2D eigenvalue weighted by Gasteiger charge is -2.12. The number of hydrogen-bond donors (Lipinski definition) is 3. The minimum atomic E-state index is -0.578. The molecule has 0 fully saturated rings. The maximum absolute atomic E-state index is 13.6. The number of amides is 1. The summed E-state index contributed by atoms with van der Waals surface area (Å²) in [5, 5.41) is 2.74. The van der Waals surface area contributed by atoms with Gasteiger partial charge in [0.2, 0.25) is 0 Å². The van der Waals surface area contributed by atoms with Crippen LogP contribution in [0.4, 0.5) is 15.8 Å². The average molecular weight is 338 g/mol. The Bertz CT molecular complexity index is 661. The number of carbonyl (C=O) groups is 1. The van der Waals surface area contributed by atoms with Gasteiger partial charge in [0.1, 0.15) is 5.82 Å². The fourth-order valence-corrected chi connectivity index (χ4v) is 2.14. The lowest BCUT2D eigenvalue weighted by atomic mass is 10.1. The molecule has 0 aliphatic heterocycles. The number of rotatable bonds is 3. The number of anilines is 2. The first-order chi connectivity index (χ1) is 9.52. The summed E-state index contributed by atoms with van der Waals surface area (Å²) in [5.41, 5.74) is 3.88. The number of nitrogens with two attached hydrogens (primary N) is 1. The summed E-state index contributed by atoms with van der Waals surface area (Å²) in [6.45, 7) is 1.87. The molecule has 0 saturated heterocycles. The van der Waals surface area contributed by atoms with E-state index in [1.165, 1.54) is 18.2 Å². The number of hydrogen-bond acceptors (Lipinski definition) is 3. The Balaban J connectivity index is 2.33. The molecule has 2 rings (SSSR count). The number of carbonyl (C=O) groups excluding carboxylic acids is 1. The fourth-order valence-electron chi connectivity index (χ4n) is 1.78. The Morgan fingerprint density at radius 1 is 1.30 bits per heavy atom. The average Bonchev–Trinajstić information content (AvgIpc) is 2.42. The molecule has 0 aromatic heterocycles. The Morgan fingerprint density at radius 3 is 2.75 bits per heavy atom. The van der Waals surface area contributed by atoms with Crippen molar-refractivity contribution < 1.29 is 9.18 Å². The summed E-state index contributed by atoms with van der Waals surface area (Å²) < 4.78 is 14.4. The van der Waals surface area contributed by atoms with Gasteiger partial charge in [-0.25, -0.2) is 4.39 Å². The van der Waals surface area contributed by atoms with Gasteiger partial charge in [-0.2, -0.15) is 0 Å². The number of benzene rings is 2. The van der Waals surface area contributed by atoms with E-state index in [1.54, 1.807) is 6.07 Å². The van der Waals surface area contributed by atoms with E-state index < -0.39 is 11.7 Å². The summed E-state index contributed by atoms with van der Waals surface area (Å²) in [6, 6.07) is 9.71. The number of aryl methyl sites for hydroxylation is 1. The molecular formula is C14H13BrFN3O. The highest BCUT2D eigenvalue weighted by Crippen LogP contribution is 2.24. The maximum Gasteiger partial charge on any atom is 0.257 e.